The lowest BCUT2D eigenvalue weighted by Gasteiger charge is -2.52. The van der Waals surface area contributed by atoms with Crippen LogP contribution in [-0.2, 0) is 16.2 Å². The third-order valence-corrected chi connectivity index (χ3v) is 10.2. The Morgan fingerprint density at radius 3 is 2.32 bits per heavy atom. The number of fused-ring (bicyclic) bond motifs is 7. The Morgan fingerprint density at radius 2 is 1.59 bits per heavy atom. The van der Waals surface area contributed by atoms with Gasteiger partial charge in [0.2, 0.25) is 5.88 Å². The van der Waals surface area contributed by atoms with Crippen LogP contribution in [-0.4, -0.2) is 17.2 Å². The minimum atomic E-state index is 0.0183. The first-order valence-electron chi connectivity index (χ1n) is 14.1. The highest BCUT2D eigenvalue weighted by Gasteiger charge is 2.61. The summed E-state index contributed by atoms with van der Waals surface area (Å²) in [6.07, 6.45) is 6.89. The maximum absolute atomic E-state index is 6.64. The molecular formula is C33H39BN2O. The van der Waals surface area contributed by atoms with Crippen molar-refractivity contribution in [2.45, 2.75) is 103 Å². The summed E-state index contributed by atoms with van der Waals surface area (Å²) in [5, 5.41) is 0. The summed E-state index contributed by atoms with van der Waals surface area (Å²) in [5.41, 5.74) is 11.3. The highest BCUT2D eigenvalue weighted by Crippen LogP contribution is 2.62. The summed E-state index contributed by atoms with van der Waals surface area (Å²) < 4.78 is 6.64. The fraction of sp³-hybridized carbons (Fsp3) is 0.485. The van der Waals surface area contributed by atoms with Gasteiger partial charge in [-0.05, 0) is 81.9 Å². The van der Waals surface area contributed by atoms with E-state index in [0.29, 0.717) is 0 Å². The third-order valence-electron chi connectivity index (χ3n) is 10.2. The zero-order valence-corrected chi connectivity index (χ0v) is 23.7. The first-order chi connectivity index (χ1) is 17.3. The number of aromatic nitrogens is 1. The van der Waals surface area contributed by atoms with E-state index < -0.39 is 0 Å². The molecule has 4 heterocycles. The van der Waals surface area contributed by atoms with Gasteiger partial charge in [0.1, 0.15) is 5.75 Å². The Kier molecular flexibility index (Phi) is 4.43. The average Bonchev–Trinajstić information content (AvgIpc) is 3.04. The summed E-state index contributed by atoms with van der Waals surface area (Å²) in [7, 11) is 0. The second-order valence-corrected chi connectivity index (χ2v) is 14.5. The average molecular weight is 491 g/mol. The molecule has 0 amide bonds. The van der Waals surface area contributed by atoms with Crippen molar-refractivity contribution in [3.63, 3.8) is 0 Å². The van der Waals surface area contributed by atoms with E-state index in [0.717, 1.165) is 11.6 Å². The van der Waals surface area contributed by atoms with Gasteiger partial charge >= 0.3 is 0 Å². The molecule has 1 saturated carbocycles. The molecule has 2 unspecified atom stereocenters. The maximum Gasteiger partial charge on any atom is 0.258 e. The Morgan fingerprint density at radius 1 is 0.892 bits per heavy atom. The van der Waals surface area contributed by atoms with E-state index in [1.165, 1.54) is 64.6 Å². The highest BCUT2D eigenvalue weighted by molar-refractivity contribution is 6.99. The molecule has 3 aromatic rings. The second kappa shape index (κ2) is 7.01. The Hall–Kier alpha value is -2.75. The van der Waals surface area contributed by atoms with Crippen LogP contribution >= 0.6 is 0 Å². The predicted molar refractivity (Wildman–Crippen MR) is 156 cm³/mol. The van der Waals surface area contributed by atoms with Crippen LogP contribution in [0.1, 0.15) is 97.8 Å². The minimum Gasteiger partial charge on any atom is -0.440 e. The van der Waals surface area contributed by atoms with Crippen LogP contribution < -0.4 is 26.0 Å². The number of hydrogen-bond acceptors (Lipinski definition) is 3. The minimum absolute atomic E-state index is 0.0183. The van der Waals surface area contributed by atoms with Crippen LogP contribution in [0.2, 0.25) is 0 Å². The molecule has 1 fully saturated rings. The molecule has 7 rings (SSSR count). The summed E-state index contributed by atoms with van der Waals surface area (Å²) >= 11 is 0. The number of pyridine rings is 1. The lowest BCUT2D eigenvalue weighted by atomic mass is 9.34. The van der Waals surface area contributed by atoms with Gasteiger partial charge in [-0.15, -0.1) is 0 Å². The van der Waals surface area contributed by atoms with Gasteiger partial charge in [-0.3, -0.25) is 0 Å². The number of ether oxygens (including phenoxy) is 1. The standard InChI is InChI=1S/C33H39BN2O/c1-30(2,3)20-16-22-28-24(17-20)34-23-12-11-15-35-29(23)37-26-19-21(31(4,5)6)18-25(27(26)34)36(28)33(8)14-10-9-13-32(22,33)7/h11-12,15-19H,9-10,13-14H2,1-8H3. The van der Waals surface area contributed by atoms with Crippen LogP contribution in [0, 0.1) is 0 Å². The molecule has 3 nitrogen and oxygen atoms in total. The van der Waals surface area contributed by atoms with E-state index in [2.05, 4.69) is 96.7 Å². The van der Waals surface area contributed by atoms with Crippen LogP contribution in [0.4, 0.5) is 11.4 Å². The zero-order chi connectivity index (χ0) is 26.1. The Bertz CT molecular complexity index is 1480. The zero-order valence-electron chi connectivity index (χ0n) is 23.7. The molecule has 3 aliphatic heterocycles. The van der Waals surface area contributed by atoms with E-state index in [-0.39, 0.29) is 28.5 Å². The van der Waals surface area contributed by atoms with E-state index >= 15 is 0 Å². The van der Waals surface area contributed by atoms with E-state index in [4.69, 9.17) is 9.72 Å². The lowest BCUT2D eigenvalue weighted by Crippen LogP contribution is -2.63. The van der Waals surface area contributed by atoms with E-state index in [9.17, 15) is 0 Å². The number of nitrogens with zero attached hydrogens (tertiary/aromatic N) is 2. The van der Waals surface area contributed by atoms with Gasteiger partial charge in [-0.25, -0.2) is 4.98 Å². The molecule has 0 spiro atoms. The number of anilines is 2. The van der Waals surface area contributed by atoms with Crippen molar-refractivity contribution in [1.82, 2.24) is 4.98 Å². The van der Waals surface area contributed by atoms with Gasteiger partial charge in [0.25, 0.3) is 6.71 Å². The first kappa shape index (κ1) is 23.4. The van der Waals surface area contributed by atoms with Crippen molar-refractivity contribution in [2.24, 2.45) is 0 Å². The fourth-order valence-electron chi connectivity index (χ4n) is 7.78. The van der Waals surface area contributed by atoms with Crippen molar-refractivity contribution >= 4 is 34.5 Å². The molecule has 0 radical (unpaired) electrons. The Balaban J connectivity index is 1.64. The van der Waals surface area contributed by atoms with Crippen molar-refractivity contribution in [2.75, 3.05) is 4.90 Å². The molecular weight excluding hydrogens is 451 g/mol. The van der Waals surface area contributed by atoms with Crippen LogP contribution in [0.25, 0.3) is 0 Å². The monoisotopic (exact) mass is 490 g/mol. The number of rotatable bonds is 0. The molecule has 1 aliphatic carbocycles. The van der Waals surface area contributed by atoms with Gasteiger partial charge in [0, 0.05) is 23.0 Å². The molecule has 1 aromatic heterocycles. The predicted octanol–water partition coefficient (Wildman–Crippen LogP) is 6.35. The molecule has 37 heavy (non-hydrogen) atoms. The molecule has 0 bridgehead atoms. The molecule has 2 atom stereocenters. The second-order valence-electron chi connectivity index (χ2n) is 14.5. The Labute approximate surface area is 222 Å². The topological polar surface area (TPSA) is 25.4 Å². The van der Waals surface area contributed by atoms with Crippen LogP contribution in [0.5, 0.6) is 11.6 Å². The molecule has 0 N–H and O–H groups in total. The normalized spacial score (nSPS) is 25.2. The van der Waals surface area contributed by atoms with Gasteiger partial charge in [0.15, 0.2) is 0 Å². The molecule has 2 aromatic carbocycles. The largest absolute Gasteiger partial charge is 0.440 e. The molecule has 190 valence electrons. The number of benzene rings is 2. The van der Waals surface area contributed by atoms with Crippen molar-refractivity contribution in [3.8, 4) is 11.6 Å². The van der Waals surface area contributed by atoms with Crippen molar-refractivity contribution in [1.29, 1.82) is 0 Å². The van der Waals surface area contributed by atoms with Gasteiger partial charge < -0.3 is 9.64 Å². The third kappa shape index (κ3) is 2.88. The van der Waals surface area contributed by atoms with Gasteiger partial charge in [-0.2, -0.15) is 0 Å². The summed E-state index contributed by atoms with van der Waals surface area (Å²) in [6.45, 7) is 19.2. The van der Waals surface area contributed by atoms with Gasteiger partial charge in [-0.1, -0.05) is 79.5 Å². The molecule has 0 saturated heterocycles. The summed E-state index contributed by atoms with van der Waals surface area (Å²) in [5.74, 6) is 1.74. The summed E-state index contributed by atoms with van der Waals surface area (Å²) in [4.78, 5) is 7.50. The van der Waals surface area contributed by atoms with Crippen molar-refractivity contribution < 1.29 is 4.74 Å². The number of hydrogen-bond donors (Lipinski definition) is 0. The first-order valence-corrected chi connectivity index (χ1v) is 14.1. The van der Waals surface area contributed by atoms with Crippen molar-refractivity contribution in [3.05, 3.63) is 59.3 Å². The molecule has 4 aliphatic rings. The van der Waals surface area contributed by atoms with E-state index in [1.807, 2.05) is 6.20 Å². The quantitative estimate of drug-likeness (QED) is 0.269. The highest BCUT2D eigenvalue weighted by atomic mass is 16.5. The van der Waals surface area contributed by atoms with Crippen LogP contribution in [0.3, 0.4) is 0 Å². The summed E-state index contributed by atoms with van der Waals surface area (Å²) in [6, 6.07) is 14.2. The lowest BCUT2D eigenvalue weighted by molar-refractivity contribution is 0.195. The van der Waals surface area contributed by atoms with Gasteiger partial charge in [0.05, 0.1) is 5.54 Å². The SMILES string of the molecule is CC(C)(C)c1cc2c3c(c1)N1c4c(cc(C(C)(C)C)cc4C4(C)CCCCC14C)B3c1cccnc1O2. The van der Waals surface area contributed by atoms with Crippen LogP contribution in [0.15, 0.2) is 42.6 Å². The van der Waals surface area contributed by atoms with E-state index in [1.54, 1.807) is 5.56 Å². The molecule has 4 heteroatoms. The smallest absolute Gasteiger partial charge is 0.258 e. The fourth-order valence-corrected chi connectivity index (χ4v) is 7.78. The maximum atomic E-state index is 6.64.